The minimum atomic E-state index is -2.00. The molecule has 7 nitrogen and oxygen atoms in total. The average Bonchev–Trinajstić information content (AvgIpc) is 2.64. The van der Waals surface area contributed by atoms with E-state index in [4.69, 9.17) is 5.73 Å². The Morgan fingerprint density at radius 3 is 2.54 bits per heavy atom. The van der Waals surface area contributed by atoms with Crippen LogP contribution in [0.4, 0.5) is 0 Å². The maximum absolute atomic E-state index is 12.8. The van der Waals surface area contributed by atoms with Gasteiger partial charge in [0.15, 0.2) is 0 Å². The zero-order chi connectivity index (χ0) is 19.7. The maximum atomic E-state index is 12.8. The summed E-state index contributed by atoms with van der Waals surface area (Å²) in [6, 6.07) is -0.417. The van der Waals surface area contributed by atoms with Gasteiger partial charge in [0.1, 0.15) is 0 Å². The molecule has 1 rings (SSSR count). The molecule has 0 aromatic heterocycles. The van der Waals surface area contributed by atoms with Crippen LogP contribution < -0.4 is 21.7 Å². The Morgan fingerprint density at radius 1 is 1.31 bits per heavy atom. The number of Topliss-reactive ketones (excluding diaryl/α,β-unsaturated/α-hetero) is 1. The summed E-state index contributed by atoms with van der Waals surface area (Å²) in [7, 11) is 0. The van der Waals surface area contributed by atoms with Crippen LogP contribution in [0.15, 0.2) is 21.8 Å². The first-order valence-electron chi connectivity index (χ1n) is 8.51. The summed E-state index contributed by atoms with van der Waals surface area (Å²) in [5.41, 5.74) is 4.71. The summed E-state index contributed by atoms with van der Waals surface area (Å²) in [6.07, 6.45) is 8.61. The van der Waals surface area contributed by atoms with E-state index in [0.717, 1.165) is 16.4 Å². The van der Waals surface area contributed by atoms with Gasteiger partial charge in [-0.2, -0.15) is 0 Å². The van der Waals surface area contributed by atoms with Gasteiger partial charge < -0.3 is 0 Å². The first-order valence-corrected chi connectivity index (χ1v) is 13.5. The van der Waals surface area contributed by atoms with Gasteiger partial charge in [-0.05, 0) is 0 Å². The van der Waals surface area contributed by atoms with Crippen LogP contribution in [0.5, 0.6) is 0 Å². The molecule has 1 aliphatic rings. The molecule has 0 radical (unpaired) electrons. The quantitative estimate of drug-likeness (QED) is 0.102. The number of carbonyl (C=O) groups is 3. The van der Waals surface area contributed by atoms with E-state index in [0.29, 0.717) is 6.42 Å². The molecule has 2 unspecified atom stereocenters. The van der Waals surface area contributed by atoms with E-state index in [-0.39, 0.29) is 24.1 Å². The van der Waals surface area contributed by atoms with E-state index in [2.05, 4.69) is 40.7 Å². The fourth-order valence-electron chi connectivity index (χ4n) is 2.31. The number of ketones is 1. The van der Waals surface area contributed by atoms with Gasteiger partial charge in [-0.15, -0.1) is 0 Å². The van der Waals surface area contributed by atoms with Gasteiger partial charge >= 0.3 is 168 Å². The van der Waals surface area contributed by atoms with Crippen molar-refractivity contribution in [2.75, 3.05) is 11.5 Å². The van der Waals surface area contributed by atoms with E-state index in [9.17, 15) is 14.4 Å². The fraction of sp³-hybridized carbons (Fsp3) is 0.588. The molecule has 3 atom stereocenters. The zero-order valence-corrected chi connectivity index (χ0v) is 18.5. The number of carbonyl (C=O) groups excluding carboxylic acids is 3. The second-order valence-electron chi connectivity index (χ2n) is 5.84. The molecule has 0 fully saturated rings. The normalized spacial score (nSPS) is 17.6. The van der Waals surface area contributed by atoms with Gasteiger partial charge in [0, 0.05) is 0 Å². The number of rotatable bonds is 10. The summed E-state index contributed by atoms with van der Waals surface area (Å²) in [5.74, 6) is -0.649. The number of nitrogens with two attached hydrogens (primary N) is 1. The molecule has 1 aliphatic carbocycles. The molecule has 26 heavy (non-hydrogen) atoms. The number of alkyl halides is 2. The molecule has 9 heteroatoms. The first kappa shape index (κ1) is 23.1. The van der Waals surface area contributed by atoms with Gasteiger partial charge in [0.2, 0.25) is 0 Å². The molecule has 148 valence electrons. The van der Waals surface area contributed by atoms with Crippen molar-refractivity contribution in [3.8, 4) is 0 Å². The van der Waals surface area contributed by atoms with Crippen LogP contribution in [-0.4, -0.2) is 44.7 Å². The fourth-order valence-corrected chi connectivity index (χ4v) is 7.05. The molecule has 0 aliphatic heterocycles. The SMILES string of the molecule is CCC(=O)[C@@H](C)NC(S)NC(=O)C(NC(=O)CN)I(C)C1=CCCC=C1. The number of amides is 2. The third kappa shape index (κ3) is 7.37. The third-order valence-electron chi connectivity index (χ3n) is 3.84. The molecule has 0 spiro atoms. The summed E-state index contributed by atoms with van der Waals surface area (Å²) in [5, 5.41) is 8.42. The Morgan fingerprint density at radius 2 is 2.00 bits per heavy atom. The van der Waals surface area contributed by atoms with Crippen LogP contribution in [0.25, 0.3) is 0 Å². The predicted molar refractivity (Wildman–Crippen MR) is 116 cm³/mol. The van der Waals surface area contributed by atoms with Crippen LogP contribution in [0.1, 0.15) is 33.1 Å². The zero-order valence-electron chi connectivity index (χ0n) is 15.4. The van der Waals surface area contributed by atoms with Gasteiger partial charge in [-0.1, -0.05) is 0 Å². The van der Waals surface area contributed by atoms with E-state index in [1.165, 1.54) is 0 Å². The van der Waals surface area contributed by atoms with Crippen LogP contribution in [-0.2, 0) is 14.4 Å². The number of thiol groups is 1. The Kier molecular flexibility index (Phi) is 10.4. The number of nitrogens with one attached hydrogen (secondary N) is 3. The van der Waals surface area contributed by atoms with Crippen LogP contribution in [0, 0.1) is 0 Å². The van der Waals surface area contributed by atoms with Crippen molar-refractivity contribution in [2.45, 2.75) is 48.7 Å². The summed E-state index contributed by atoms with van der Waals surface area (Å²) in [4.78, 5) is 38.3. The predicted octanol–water partition coefficient (Wildman–Crippen LogP) is 1.04. The Hall–Kier alpha value is -0.910. The number of allylic oxidation sites excluding steroid dienone is 4. The van der Waals surface area contributed by atoms with Gasteiger partial charge in [-0.25, -0.2) is 0 Å². The molecular weight excluding hydrogens is 467 g/mol. The molecule has 0 bridgehead atoms. The molecule has 0 heterocycles. The molecule has 0 saturated carbocycles. The molecule has 0 saturated heterocycles. The van der Waals surface area contributed by atoms with E-state index < -0.39 is 35.4 Å². The van der Waals surface area contributed by atoms with Gasteiger partial charge in [-0.3, -0.25) is 0 Å². The van der Waals surface area contributed by atoms with Crippen molar-refractivity contribution < 1.29 is 14.4 Å². The molecule has 0 aromatic carbocycles. The Balaban J connectivity index is 2.80. The van der Waals surface area contributed by atoms with Crippen molar-refractivity contribution >= 4 is 50.0 Å². The van der Waals surface area contributed by atoms with Crippen LogP contribution >= 0.6 is 32.4 Å². The first-order chi connectivity index (χ1) is 12.3. The number of halogens is 1. The van der Waals surface area contributed by atoms with Crippen molar-refractivity contribution in [3.05, 3.63) is 21.8 Å². The molecule has 0 aromatic rings. The summed E-state index contributed by atoms with van der Waals surface area (Å²) < 4.78 is 0.522. The standard InChI is InChI=1S/C17H29IN4O3S/c1-4-13(23)11(2)20-17(26)22-16(25)15(21-14(24)10-19)18(3)12-8-6-5-7-9-12/h6,8-9,11,15,17,20,26H,4-5,7,10,19H2,1-3H3,(H,21,24)(H,22,25)/t11-,15?,17?/m1/s1. The monoisotopic (exact) mass is 496 g/mol. The van der Waals surface area contributed by atoms with Crippen LogP contribution in [0.3, 0.4) is 0 Å². The summed E-state index contributed by atoms with van der Waals surface area (Å²) >= 11 is 2.30. The van der Waals surface area contributed by atoms with Crippen molar-refractivity contribution in [1.82, 2.24) is 16.0 Å². The van der Waals surface area contributed by atoms with E-state index in [1.807, 2.05) is 11.0 Å². The number of hydrogen-bond donors (Lipinski definition) is 5. The van der Waals surface area contributed by atoms with Crippen molar-refractivity contribution in [2.24, 2.45) is 5.73 Å². The molecular formula is C17H29IN4O3S. The van der Waals surface area contributed by atoms with E-state index in [1.54, 1.807) is 13.8 Å². The topological polar surface area (TPSA) is 113 Å². The average molecular weight is 496 g/mol. The third-order valence-corrected chi connectivity index (χ3v) is 9.63. The number of hydrogen-bond acceptors (Lipinski definition) is 6. The minimum absolute atomic E-state index is 0.0349. The Bertz CT molecular complexity index is 582. The molecule has 2 amide bonds. The second-order valence-corrected chi connectivity index (χ2v) is 11.8. The van der Waals surface area contributed by atoms with Gasteiger partial charge in [0.05, 0.1) is 0 Å². The van der Waals surface area contributed by atoms with E-state index >= 15 is 0 Å². The van der Waals surface area contributed by atoms with Crippen molar-refractivity contribution in [3.63, 3.8) is 0 Å². The second kappa shape index (κ2) is 11.7. The van der Waals surface area contributed by atoms with Crippen molar-refractivity contribution in [1.29, 1.82) is 0 Å². The van der Waals surface area contributed by atoms with Crippen LogP contribution in [0.2, 0.25) is 0 Å². The van der Waals surface area contributed by atoms with Gasteiger partial charge in [0.25, 0.3) is 0 Å². The summed E-state index contributed by atoms with van der Waals surface area (Å²) in [6.45, 7) is 3.34. The molecule has 5 N–H and O–H groups in total. The Labute approximate surface area is 167 Å².